The summed E-state index contributed by atoms with van der Waals surface area (Å²) in [6.45, 7) is 3.85. The number of carbonyl (C=O) groups is 2. The predicted molar refractivity (Wildman–Crippen MR) is 104 cm³/mol. The van der Waals surface area contributed by atoms with E-state index in [0.717, 1.165) is 18.7 Å². The predicted octanol–water partition coefficient (Wildman–Crippen LogP) is 2.93. The lowest BCUT2D eigenvalue weighted by atomic mass is 10.2. The molecule has 28 heavy (non-hydrogen) atoms. The Bertz CT molecular complexity index is 805. The molecule has 6 nitrogen and oxygen atoms in total. The molecule has 3 rings (SSSR count). The largest absolute Gasteiger partial charge is 0.459 e. The summed E-state index contributed by atoms with van der Waals surface area (Å²) in [6, 6.07) is 7.68. The van der Waals surface area contributed by atoms with Crippen LogP contribution in [0.15, 0.2) is 41.0 Å². The van der Waals surface area contributed by atoms with Gasteiger partial charge in [0, 0.05) is 50.7 Å². The van der Waals surface area contributed by atoms with Crippen molar-refractivity contribution >= 4 is 23.4 Å². The second-order valence-electron chi connectivity index (χ2n) is 6.73. The summed E-state index contributed by atoms with van der Waals surface area (Å²) in [5.41, 5.74) is 0.884. The Hall–Kier alpha value is -2.38. The number of nitrogens with zero attached hydrogens (tertiary/aromatic N) is 2. The van der Waals surface area contributed by atoms with Gasteiger partial charge in [0.1, 0.15) is 5.82 Å². The SMILES string of the molecule is O=C(NCCCC(=O)N1CCN(Cc2ccc(F)cc2Cl)CC1)c1ccco1. The molecule has 1 aliphatic rings. The van der Waals surface area contributed by atoms with Crippen LogP contribution in [0.2, 0.25) is 5.02 Å². The van der Waals surface area contributed by atoms with Crippen molar-refractivity contribution in [1.29, 1.82) is 0 Å². The topological polar surface area (TPSA) is 65.8 Å². The summed E-state index contributed by atoms with van der Waals surface area (Å²) in [4.78, 5) is 28.1. The molecule has 150 valence electrons. The van der Waals surface area contributed by atoms with Crippen molar-refractivity contribution in [2.45, 2.75) is 19.4 Å². The van der Waals surface area contributed by atoms with E-state index in [2.05, 4.69) is 10.2 Å². The highest BCUT2D eigenvalue weighted by Gasteiger charge is 2.21. The third-order valence-corrected chi connectivity index (χ3v) is 5.08. The number of rotatable bonds is 7. The molecular weight excluding hydrogens is 385 g/mol. The Kier molecular flexibility index (Phi) is 7.06. The zero-order valence-corrected chi connectivity index (χ0v) is 16.3. The van der Waals surface area contributed by atoms with Gasteiger partial charge in [-0.25, -0.2) is 4.39 Å². The van der Waals surface area contributed by atoms with Crippen molar-refractivity contribution in [1.82, 2.24) is 15.1 Å². The number of amides is 2. The van der Waals surface area contributed by atoms with Crippen molar-refractivity contribution in [2.24, 2.45) is 0 Å². The van der Waals surface area contributed by atoms with Crippen LogP contribution in [-0.2, 0) is 11.3 Å². The molecule has 0 atom stereocenters. The molecule has 0 unspecified atom stereocenters. The average molecular weight is 408 g/mol. The van der Waals surface area contributed by atoms with Crippen molar-refractivity contribution in [3.8, 4) is 0 Å². The summed E-state index contributed by atoms with van der Waals surface area (Å²) < 4.78 is 18.2. The van der Waals surface area contributed by atoms with Gasteiger partial charge in [-0.15, -0.1) is 0 Å². The highest BCUT2D eigenvalue weighted by Crippen LogP contribution is 2.20. The molecule has 1 aromatic heterocycles. The molecule has 2 heterocycles. The summed E-state index contributed by atoms with van der Waals surface area (Å²) in [7, 11) is 0. The minimum atomic E-state index is -0.343. The summed E-state index contributed by atoms with van der Waals surface area (Å²) in [5.74, 6) is -0.259. The second-order valence-corrected chi connectivity index (χ2v) is 7.14. The molecule has 1 aliphatic heterocycles. The lowest BCUT2D eigenvalue weighted by molar-refractivity contribution is -0.133. The van der Waals surface area contributed by atoms with Crippen molar-refractivity contribution in [3.63, 3.8) is 0 Å². The van der Waals surface area contributed by atoms with E-state index in [9.17, 15) is 14.0 Å². The number of hydrogen-bond acceptors (Lipinski definition) is 4. The van der Waals surface area contributed by atoms with Gasteiger partial charge in [0.2, 0.25) is 5.91 Å². The fourth-order valence-corrected chi connectivity index (χ4v) is 3.37. The highest BCUT2D eigenvalue weighted by molar-refractivity contribution is 6.31. The monoisotopic (exact) mass is 407 g/mol. The van der Waals surface area contributed by atoms with E-state index in [1.54, 1.807) is 18.2 Å². The maximum absolute atomic E-state index is 13.1. The molecule has 0 bridgehead atoms. The number of halogens is 2. The smallest absolute Gasteiger partial charge is 0.286 e. The zero-order chi connectivity index (χ0) is 19.9. The van der Waals surface area contributed by atoms with Gasteiger partial charge in [-0.05, 0) is 36.2 Å². The van der Waals surface area contributed by atoms with Gasteiger partial charge >= 0.3 is 0 Å². The van der Waals surface area contributed by atoms with E-state index in [1.165, 1.54) is 18.4 Å². The van der Waals surface area contributed by atoms with Gasteiger partial charge in [0.15, 0.2) is 5.76 Å². The molecule has 1 saturated heterocycles. The summed E-state index contributed by atoms with van der Waals surface area (Å²) in [6.07, 6.45) is 2.42. The Morgan fingerprint density at radius 3 is 2.64 bits per heavy atom. The van der Waals surface area contributed by atoms with Crippen LogP contribution in [0.4, 0.5) is 4.39 Å². The van der Waals surface area contributed by atoms with Crippen LogP contribution in [0.25, 0.3) is 0 Å². The standard InChI is InChI=1S/C20H23ClFN3O3/c21-17-13-16(22)6-5-15(17)14-24-8-10-25(11-9-24)19(26)4-1-7-23-20(27)18-3-2-12-28-18/h2-3,5-6,12-13H,1,4,7-11,14H2,(H,23,27). The molecule has 1 aromatic carbocycles. The van der Waals surface area contributed by atoms with E-state index < -0.39 is 0 Å². The van der Waals surface area contributed by atoms with Crippen LogP contribution in [0.5, 0.6) is 0 Å². The molecule has 2 amide bonds. The lowest BCUT2D eigenvalue weighted by Crippen LogP contribution is -2.48. The number of hydrogen-bond donors (Lipinski definition) is 1. The fourth-order valence-electron chi connectivity index (χ4n) is 3.14. The maximum Gasteiger partial charge on any atom is 0.286 e. The first-order chi connectivity index (χ1) is 13.5. The molecule has 0 radical (unpaired) electrons. The van der Waals surface area contributed by atoms with Crippen LogP contribution in [0.1, 0.15) is 29.0 Å². The number of piperazine rings is 1. The van der Waals surface area contributed by atoms with Crippen LogP contribution < -0.4 is 5.32 Å². The van der Waals surface area contributed by atoms with E-state index in [-0.39, 0.29) is 23.4 Å². The average Bonchev–Trinajstić information content (AvgIpc) is 3.22. The van der Waals surface area contributed by atoms with E-state index in [1.807, 2.05) is 4.90 Å². The molecule has 0 aliphatic carbocycles. The third kappa shape index (κ3) is 5.56. The first-order valence-electron chi connectivity index (χ1n) is 9.28. The number of furan rings is 1. The summed E-state index contributed by atoms with van der Waals surface area (Å²) in [5, 5.41) is 3.16. The summed E-state index contributed by atoms with van der Waals surface area (Å²) >= 11 is 6.09. The lowest BCUT2D eigenvalue weighted by Gasteiger charge is -2.35. The molecule has 8 heteroatoms. The fraction of sp³-hybridized carbons (Fsp3) is 0.400. The normalized spacial score (nSPS) is 14.9. The number of nitrogens with one attached hydrogen (secondary N) is 1. The third-order valence-electron chi connectivity index (χ3n) is 4.73. The molecular formula is C20H23ClFN3O3. The Morgan fingerprint density at radius 2 is 1.96 bits per heavy atom. The second kappa shape index (κ2) is 9.71. The van der Waals surface area contributed by atoms with Gasteiger partial charge in [-0.1, -0.05) is 17.7 Å². The van der Waals surface area contributed by atoms with E-state index in [4.69, 9.17) is 16.0 Å². The van der Waals surface area contributed by atoms with Crippen LogP contribution in [-0.4, -0.2) is 54.3 Å². The maximum atomic E-state index is 13.1. The van der Waals surface area contributed by atoms with Gasteiger partial charge in [-0.2, -0.15) is 0 Å². The minimum Gasteiger partial charge on any atom is -0.459 e. The zero-order valence-electron chi connectivity index (χ0n) is 15.5. The first-order valence-corrected chi connectivity index (χ1v) is 9.66. The quantitative estimate of drug-likeness (QED) is 0.717. The van der Waals surface area contributed by atoms with Gasteiger partial charge in [0.05, 0.1) is 6.26 Å². The van der Waals surface area contributed by atoms with Crippen molar-refractivity contribution in [3.05, 3.63) is 58.8 Å². The number of benzene rings is 1. The molecule has 0 saturated carbocycles. The molecule has 0 spiro atoms. The van der Waals surface area contributed by atoms with Crippen molar-refractivity contribution in [2.75, 3.05) is 32.7 Å². The first kappa shape index (κ1) is 20.4. The Labute approximate surface area is 168 Å². The van der Waals surface area contributed by atoms with Crippen LogP contribution >= 0.6 is 11.6 Å². The Morgan fingerprint density at radius 1 is 1.18 bits per heavy atom. The Balaban J connectivity index is 1.35. The highest BCUT2D eigenvalue weighted by atomic mass is 35.5. The van der Waals surface area contributed by atoms with E-state index >= 15 is 0 Å². The molecule has 1 N–H and O–H groups in total. The van der Waals surface area contributed by atoms with Crippen molar-refractivity contribution < 1.29 is 18.4 Å². The van der Waals surface area contributed by atoms with Gasteiger partial charge < -0.3 is 14.6 Å². The van der Waals surface area contributed by atoms with Gasteiger partial charge in [0.25, 0.3) is 5.91 Å². The van der Waals surface area contributed by atoms with Crippen LogP contribution in [0, 0.1) is 5.82 Å². The van der Waals surface area contributed by atoms with Gasteiger partial charge in [-0.3, -0.25) is 14.5 Å². The minimum absolute atomic E-state index is 0.0895. The molecule has 2 aromatic rings. The molecule has 1 fully saturated rings. The van der Waals surface area contributed by atoms with E-state index in [0.29, 0.717) is 44.0 Å². The van der Waals surface area contributed by atoms with Crippen LogP contribution in [0.3, 0.4) is 0 Å². The number of carbonyl (C=O) groups excluding carboxylic acids is 2.